The normalized spacial score (nSPS) is 21.8. The maximum Gasteiger partial charge on any atom is 0.184 e. The van der Waals surface area contributed by atoms with Crippen LogP contribution in [0.1, 0.15) is 50.8 Å². The van der Waals surface area contributed by atoms with Gasteiger partial charge in [0.25, 0.3) is 0 Å². The fourth-order valence-corrected chi connectivity index (χ4v) is 9.31. The molecule has 0 bridgehead atoms. The zero-order valence-corrected chi connectivity index (χ0v) is 34.7. The fourth-order valence-electron chi connectivity index (χ4n) is 7.69. The number of ether oxygens (including phenoxy) is 7. The van der Waals surface area contributed by atoms with Crippen molar-refractivity contribution in [2.45, 2.75) is 74.7 Å². The maximum atomic E-state index is 13.9. The van der Waals surface area contributed by atoms with Crippen molar-refractivity contribution < 1.29 is 38.3 Å². The molecular weight excluding hydrogens is 773 g/mol. The van der Waals surface area contributed by atoms with Crippen molar-refractivity contribution in [2.24, 2.45) is 0 Å². The highest BCUT2D eigenvalue weighted by Crippen LogP contribution is 2.53. The average Bonchev–Trinajstić information content (AvgIpc) is 3.84. The van der Waals surface area contributed by atoms with Gasteiger partial charge in [-0.2, -0.15) is 0 Å². The summed E-state index contributed by atoms with van der Waals surface area (Å²) in [4.78, 5) is -1.75. The van der Waals surface area contributed by atoms with Gasteiger partial charge in [0.1, 0.15) is 30.7 Å². The van der Waals surface area contributed by atoms with E-state index in [2.05, 4.69) is 0 Å². The Morgan fingerprint density at radius 1 is 0.567 bits per heavy atom. The van der Waals surface area contributed by atoms with Crippen LogP contribution in [0, 0.1) is 6.92 Å². The molecule has 6 aromatic rings. The van der Waals surface area contributed by atoms with E-state index in [9.17, 15) is 5.11 Å². The van der Waals surface area contributed by atoms with Crippen molar-refractivity contribution in [3.05, 3.63) is 208 Å². The summed E-state index contributed by atoms with van der Waals surface area (Å²) in [6, 6.07) is 54.2. The predicted molar refractivity (Wildman–Crippen MR) is 233 cm³/mol. The highest BCUT2D eigenvalue weighted by Gasteiger charge is 2.58. The Kier molecular flexibility index (Phi) is 14.4. The van der Waals surface area contributed by atoms with Crippen molar-refractivity contribution >= 4 is 11.8 Å². The molecule has 2 aliphatic heterocycles. The van der Waals surface area contributed by atoms with Crippen LogP contribution < -0.4 is 4.74 Å². The van der Waals surface area contributed by atoms with Crippen LogP contribution in [0.5, 0.6) is 5.75 Å². The molecule has 0 amide bonds. The first-order valence-corrected chi connectivity index (χ1v) is 21.4. The van der Waals surface area contributed by atoms with Crippen molar-refractivity contribution in [1.82, 2.24) is 0 Å². The third-order valence-electron chi connectivity index (χ3n) is 10.8. The third-order valence-corrected chi connectivity index (χ3v) is 12.3. The van der Waals surface area contributed by atoms with E-state index in [-0.39, 0.29) is 19.8 Å². The molecule has 1 unspecified atom stereocenters. The van der Waals surface area contributed by atoms with Crippen molar-refractivity contribution in [1.29, 1.82) is 0 Å². The number of thioether (sulfide) groups is 1. The minimum Gasteiger partial charge on any atom is -0.488 e. The molecule has 2 aliphatic rings. The van der Waals surface area contributed by atoms with Crippen molar-refractivity contribution in [2.75, 3.05) is 19.8 Å². The minimum absolute atomic E-state index is 0.216. The molecule has 6 aromatic carbocycles. The standard InChI is InChI=1S/C51H52O8S/c1-37-29-45(56-32-39-19-9-3-10-20-39)44(30-43(37)50-54-27-28-55-50)51(52)49(59-35-42-25-15-6-16-26-42)48(58-34-41-23-13-5-14-24-41)47(57-33-40-21-11-4-12-22-40)46(60-51)36-53-31-38-17-7-2-8-18-38/h2-26,29-30,46-50,52H,27-28,31-36H2,1H3/t46-,47-,48+,49-,51?/m1/s1. The molecule has 2 fully saturated rings. The molecule has 60 heavy (non-hydrogen) atoms. The molecule has 0 aliphatic carbocycles. The summed E-state index contributed by atoms with van der Waals surface area (Å²) in [5.74, 6) is 0.524. The Hall–Kier alpha value is -4.81. The van der Waals surface area contributed by atoms with E-state index in [0.717, 1.165) is 38.9 Å². The fraction of sp³-hybridized carbons (Fsp3) is 0.294. The second kappa shape index (κ2) is 20.6. The molecule has 0 spiro atoms. The SMILES string of the molecule is Cc1cc(OCc2ccccc2)c(C2(O)S[C@H](COCc3ccccc3)[C@@H](OCc3ccccc3)[C@H](OCc3ccccc3)[C@H]2OCc2ccccc2)cc1C1OCCO1. The van der Waals surface area contributed by atoms with Crippen LogP contribution in [-0.4, -0.2) is 48.5 Å². The lowest BCUT2D eigenvalue weighted by Gasteiger charge is -2.50. The molecule has 0 saturated carbocycles. The first-order chi connectivity index (χ1) is 29.5. The van der Waals surface area contributed by atoms with Crippen molar-refractivity contribution in [3.8, 4) is 5.75 Å². The molecule has 0 aromatic heterocycles. The van der Waals surface area contributed by atoms with Crippen LogP contribution in [0.3, 0.4) is 0 Å². The molecule has 2 heterocycles. The van der Waals surface area contributed by atoms with Gasteiger partial charge in [-0.15, -0.1) is 11.8 Å². The van der Waals surface area contributed by atoms with Crippen LogP contribution in [-0.2, 0) is 66.4 Å². The van der Waals surface area contributed by atoms with E-state index in [4.69, 9.17) is 33.2 Å². The summed E-state index contributed by atoms with van der Waals surface area (Å²) >= 11 is 1.37. The second-order valence-corrected chi connectivity index (χ2v) is 16.6. The number of aliphatic hydroxyl groups is 1. The van der Waals surface area contributed by atoms with E-state index in [1.54, 1.807) is 0 Å². The van der Waals surface area contributed by atoms with E-state index in [0.29, 0.717) is 44.3 Å². The lowest BCUT2D eigenvalue weighted by molar-refractivity contribution is -0.199. The molecule has 2 saturated heterocycles. The molecule has 310 valence electrons. The van der Waals surface area contributed by atoms with Gasteiger partial charge in [-0.3, -0.25) is 0 Å². The Labute approximate surface area is 357 Å². The van der Waals surface area contributed by atoms with Gasteiger partial charge in [0.2, 0.25) is 0 Å². The summed E-state index contributed by atoms with van der Waals surface area (Å²) in [6.45, 7) is 4.71. The van der Waals surface area contributed by atoms with Gasteiger partial charge in [-0.1, -0.05) is 152 Å². The van der Waals surface area contributed by atoms with Crippen LogP contribution in [0.4, 0.5) is 0 Å². The van der Waals surface area contributed by atoms with Gasteiger partial charge < -0.3 is 38.3 Å². The van der Waals surface area contributed by atoms with Gasteiger partial charge in [-0.25, -0.2) is 0 Å². The van der Waals surface area contributed by atoms with Gasteiger partial charge in [-0.05, 0) is 52.4 Å². The maximum absolute atomic E-state index is 13.9. The Morgan fingerprint density at radius 2 is 1.02 bits per heavy atom. The van der Waals surface area contributed by atoms with Crippen LogP contribution in [0.2, 0.25) is 0 Å². The highest BCUT2D eigenvalue weighted by atomic mass is 32.2. The molecular formula is C51H52O8S. The van der Waals surface area contributed by atoms with Gasteiger partial charge in [0, 0.05) is 11.1 Å². The predicted octanol–water partition coefficient (Wildman–Crippen LogP) is 9.85. The van der Waals surface area contributed by atoms with Gasteiger partial charge in [0.15, 0.2) is 11.2 Å². The van der Waals surface area contributed by atoms with E-state index in [1.807, 2.05) is 171 Å². The number of benzene rings is 6. The molecule has 8 rings (SSSR count). The summed E-state index contributed by atoms with van der Waals surface area (Å²) in [5, 5.41) is 13.4. The number of rotatable bonds is 18. The summed E-state index contributed by atoms with van der Waals surface area (Å²) in [6.07, 6.45) is -2.90. The smallest absolute Gasteiger partial charge is 0.184 e. The number of hydrogen-bond donors (Lipinski definition) is 1. The van der Waals surface area contributed by atoms with Crippen molar-refractivity contribution in [3.63, 3.8) is 0 Å². The topological polar surface area (TPSA) is 84.8 Å². The number of aryl methyl sites for hydroxylation is 1. The lowest BCUT2D eigenvalue weighted by Crippen LogP contribution is -2.61. The lowest BCUT2D eigenvalue weighted by atomic mass is 9.90. The van der Waals surface area contributed by atoms with Crippen LogP contribution >= 0.6 is 11.8 Å². The summed E-state index contributed by atoms with van der Waals surface area (Å²) in [5.41, 5.74) is 7.27. The van der Waals surface area contributed by atoms with E-state index in [1.165, 1.54) is 11.8 Å². The molecule has 9 heteroatoms. The molecule has 5 atom stereocenters. The highest BCUT2D eigenvalue weighted by molar-refractivity contribution is 8.00. The van der Waals surface area contributed by atoms with Gasteiger partial charge in [0.05, 0.1) is 51.5 Å². The van der Waals surface area contributed by atoms with Crippen LogP contribution in [0.25, 0.3) is 0 Å². The number of hydrogen-bond acceptors (Lipinski definition) is 9. The Balaban J connectivity index is 1.25. The largest absolute Gasteiger partial charge is 0.488 e. The molecule has 1 N–H and O–H groups in total. The quantitative estimate of drug-likeness (QED) is 0.0911. The zero-order valence-electron chi connectivity index (χ0n) is 33.8. The Morgan fingerprint density at radius 3 is 1.53 bits per heavy atom. The summed E-state index contributed by atoms with van der Waals surface area (Å²) < 4.78 is 46.4. The third kappa shape index (κ3) is 10.5. The summed E-state index contributed by atoms with van der Waals surface area (Å²) in [7, 11) is 0. The molecule has 8 nitrogen and oxygen atoms in total. The first kappa shape index (κ1) is 41.9. The van der Waals surface area contributed by atoms with E-state index >= 15 is 0 Å². The second-order valence-electron chi connectivity index (χ2n) is 15.1. The van der Waals surface area contributed by atoms with Crippen LogP contribution in [0.15, 0.2) is 164 Å². The first-order valence-electron chi connectivity index (χ1n) is 20.6. The zero-order chi connectivity index (χ0) is 41.0. The minimum atomic E-state index is -1.75. The van der Waals surface area contributed by atoms with E-state index < -0.39 is 34.8 Å². The average molecular weight is 825 g/mol. The monoisotopic (exact) mass is 824 g/mol. The van der Waals surface area contributed by atoms with Gasteiger partial charge >= 0.3 is 0 Å². The molecule has 0 radical (unpaired) electrons. The Bertz CT molecular complexity index is 2190.